The minimum Gasteiger partial charge on any atom is -0.422 e. The number of hydrogen-bond acceptors (Lipinski definition) is 5. The summed E-state index contributed by atoms with van der Waals surface area (Å²) in [7, 11) is 0. The van der Waals surface area contributed by atoms with Crippen LogP contribution in [0, 0.1) is 0 Å². The molecule has 0 atom stereocenters. The highest BCUT2D eigenvalue weighted by molar-refractivity contribution is 6.39. The Morgan fingerprint density at radius 3 is 2.23 bits per heavy atom. The highest BCUT2D eigenvalue weighted by Crippen LogP contribution is 2.39. The Morgan fingerprint density at radius 1 is 0.767 bits per heavy atom. The summed E-state index contributed by atoms with van der Waals surface area (Å²) in [6.07, 6.45) is 0. The van der Waals surface area contributed by atoms with Gasteiger partial charge in [0.15, 0.2) is 11.5 Å². The van der Waals surface area contributed by atoms with Crippen molar-refractivity contribution in [3.05, 3.63) is 118 Å². The van der Waals surface area contributed by atoms with Crippen molar-refractivity contribution in [2.45, 2.75) is 0 Å². The number of para-hydroxylation sites is 1. The first kappa shape index (κ1) is 17.8. The molecule has 5 heteroatoms. The van der Waals surface area contributed by atoms with E-state index in [1.54, 1.807) is 72.8 Å². The van der Waals surface area contributed by atoms with Crippen LogP contribution in [0.1, 0.15) is 31.8 Å². The number of rotatable bonds is 3. The van der Waals surface area contributed by atoms with Gasteiger partial charge >= 0.3 is 11.6 Å². The van der Waals surface area contributed by atoms with Crippen molar-refractivity contribution in [1.29, 1.82) is 0 Å². The van der Waals surface area contributed by atoms with Crippen molar-refractivity contribution < 1.29 is 18.7 Å². The van der Waals surface area contributed by atoms with Crippen LogP contribution in [0.15, 0.2) is 94.1 Å². The Balaban J connectivity index is 1.63. The Kier molecular flexibility index (Phi) is 4.14. The summed E-state index contributed by atoms with van der Waals surface area (Å²) in [6.45, 7) is 0. The zero-order valence-electron chi connectivity index (χ0n) is 15.6. The molecule has 0 spiro atoms. The highest BCUT2D eigenvalue weighted by atomic mass is 16.5. The monoisotopic (exact) mass is 394 g/mol. The zero-order chi connectivity index (χ0) is 20.7. The van der Waals surface area contributed by atoms with E-state index in [-0.39, 0.29) is 22.7 Å². The number of hydrogen-bond donors (Lipinski definition) is 0. The highest BCUT2D eigenvalue weighted by Gasteiger charge is 2.33. The summed E-state index contributed by atoms with van der Waals surface area (Å²) < 4.78 is 10.9. The summed E-state index contributed by atoms with van der Waals surface area (Å²) in [4.78, 5) is 38.3. The van der Waals surface area contributed by atoms with E-state index in [2.05, 4.69) is 0 Å². The van der Waals surface area contributed by atoms with E-state index >= 15 is 0 Å². The van der Waals surface area contributed by atoms with Crippen molar-refractivity contribution in [3.8, 4) is 0 Å². The van der Waals surface area contributed by atoms with Crippen LogP contribution in [0.5, 0.6) is 0 Å². The maximum Gasteiger partial charge on any atom is 0.351 e. The van der Waals surface area contributed by atoms with Crippen LogP contribution in [0.2, 0.25) is 0 Å². The number of benzene rings is 3. The second-order valence-corrected chi connectivity index (χ2v) is 6.82. The molecule has 1 aromatic heterocycles. The molecule has 0 bridgehead atoms. The van der Waals surface area contributed by atoms with Gasteiger partial charge in [0.1, 0.15) is 11.1 Å². The average Bonchev–Trinajstić information content (AvgIpc) is 3.05. The quantitative estimate of drug-likeness (QED) is 0.371. The summed E-state index contributed by atoms with van der Waals surface area (Å²) in [5, 5.41) is 0.601. The molecule has 5 nitrogen and oxygen atoms in total. The van der Waals surface area contributed by atoms with Gasteiger partial charge in [0, 0.05) is 16.5 Å². The van der Waals surface area contributed by atoms with Crippen LogP contribution < -0.4 is 5.63 Å². The SMILES string of the molecule is O=C1C(c2ccccc2)=C(OC(=O)c2cc3ccccc3oc2=O)c2ccccc21. The molecule has 30 heavy (non-hydrogen) atoms. The normalized spacial score (nSPS) is 12.9. The summed E-state index contributed by atoms with van der Waals surface area (Å²) in [5.74, 6) is -0.966. The molecule has 0 fully saturated rings. The fourth-order valence-corrected chi connectivity index (χ4v) is 3.58. The third kappa shape index (κ3) is 2.84. The van der Waals surface area contributed by atoms with Crippen molar-refractivity contribution in [2.75, 3.05) is 0 Å². The van der Waals surface area contributed by atoms with E-state index in [9.17, 15) is 14.4 Å². The number of carbonyl (C=O) groups excluding carboxylic acids is 2. The number of fused-ring (bicyclic) bond motifs is 2. The van der Waals surface area contributed by atoms with Crippen molar-refractivity contribution in [1.82, 2.24) is 0 Å². The Hall–Kier alpha value is -4.25. The summed E-state index contributed by atoms with van der Waals surface area (Å²) >= 11 is 0. The van der Waals surface area contributed by atoms with Gasteiger partial charge in [-0.15, -0.1) is 0 Å². The first-order chi connectivity index (χ1) is 14.6. The lowest BCUT2D eigenvalue weighted by Gasteiger charge is -2.09. The van der Waals surface area contributed by atoms with Gasteiger partial charge in [-0.05, 0) is 17.7 Å². The number of carbonyl (C=O) groups is 2. The second-order valence-electron chi connectivity index (χ2n) is 6.82. The average molecular weight is 394 g/mol. The molecule has 0 radical (unpaired) electrons. The van der Waals surface area contributed by atoms with Crippen molar-refractivity contribution in [2.24, 2.45) is 0 Å². The van der Waals surface area contributed by atoms with E-state index < -0.39 is 11.6 Å². The van der Waals surface area contributed by atoms with E-state index in [1.165, 1.54) is 6.07 Å². The Bertz CT molecular complexity index is 1410. The predicted octanol–water partition coefficient (Wildman–Crippen LogP) is 4.71. The molecular formula is C25H14O5. The number of esters is 1. The van der Waals surface area contributed by atoms with E-state index in [4.69, 9.17) is 9.15 Å². The smallest absolute Gasteiger partial charge is 0.351 e. The summed E-state index contributed by atoms with van der Waals surface area (Å²) in [6, 6.07) is 24.2. The van der Waals surface area contributed by atoms with E-state index in [0.29, 0.717) is 27.7 Å². The van der Waals surface area contributed by atoms with Gasteiger partial charge in [0.2, 0.25) is 0 Å². The fourth-order valence-electron chi connectivity index (χ4n) is 3.58. The molecule has 5 rings (SSSR count). The first-order valence-electron chi connectivity index (χ1n) is 9.32. The molecule has 0 saturated heterocycles. The van der Waals surface area contributed by atoms with Gasteiger partial charge < -0.3 is 9.15 Å². The molecule has 0 N–H and O–H groups in total. The third-order valence-corrected chi connectivity index (χ3v) is 4.99. The van der Waals surface area contributed by atoms with Crippen LogP contribution >= 0.6 is 0 Å². The third-order valence-electron chi connectivity index (χ3n) is 4.99. The van der Waals surface area contributed by atoms with Gasteiger partial charge in [-0.3, -0.25) is 4.79 Å². The molecule has 0 unspecified atom stereocenters. The molecule has 1 heterocycles. The van der Waals surface area contributed by atoms with Crippen molar-refractivity contribution >= 4 is 34.1 Å². The molecule has 0 saturated carbocycles. The number of Topliss-reactive ketones (excluding diaryl/α,β-unsaturated/α-hetero) is 1. The van der Waals surface area contributed by atoms with Gasteiger partial charge in [0.25, 0.3) is 0 Å². The van der Waals surface area contributed by atoms with Crippen LogP contribution in [-0.4, -0.2) is 11.8 Å². The van der Waals surface area contributed by atoms with E-state index in [1.807, 2.05) is 6.07 Å². The zero-order valence-corrected chi connectivity index (χ0v) is 15.6. The largest absolute Gasteiger partial charge is 0.422 e. The Morgan fingerprint density at radius 2 is 1.43 bits per heavy atom. The second kappa shape index (κ2) is 6.97. The molecule has 0 amide bonds. The number of ether oxygens (including phenoxy) is 1. The summed E-state index contributed by atoms with van der Waals surface area (Å²) in [5.41, 5.74) is 1.24. The lowest BCUT2D eigenvalue weighted by Crippen LogP contribution is -2.16. The number of ketones is 1. The minimum atomic E-state index is -0.873. The molecule has 1 aliphatic rings. The molecule has 0 aliphatic heterocycles. The first-order valence-corrected chi connectivity index (χ1v) is 9.32. The standard InChI is InChI=1S/C25H14O5/c26-22-17-11-5-6-12-18(17)23(21(22)15-8-2-1-3-9-15)30-25(28)19-14-16-10-4-7-13-20(16)29-24(19)27/h1-14H. The van der Waals surface area contributed by atoms with Crippen LogP contribution in [-0.2, 0) is 4.74 Å². The molecule has 1 aliphatic carbocycles. The lowest BCUT2D eigenvalue weighted by molar-refractivity contribution is 0.0689. The minimum absolute atomic E-state index is 0.138. The van der Waals surface area contributed by atoms with Gasteiger partial charge in [-0.1, -0.05) is 72.8 Å². The molecule has 144 valence electrons. The topological polar surface area (TPSA) is 73.6 Å². The number of allylic oxidation sites excluding steroid dienone is 1. The lowest BCUT2D eigenvalue weighted by atomic mass is 10.0. The fraction of sp³-hybridized carbons (Fsp3) is 0. The van der Waals surface area contributed by atoms with Gasteiger partial charge in [-0.2, -0.15) is 0 Å². The molecule has 3 aromatic carbocycles. The van der Waals surface area contributed by atoms with E-state index in [0.717, 1.165) is 0 Å². The maximum absolute atomic E-state index is 13.0. The predicted molar refractivity (Wildman–Crippen MR) is 112 cm³/mol. The van der Waals surface area contributed by atoms with Crippen LogP contribution in [0.25, 0.3) is 22.3 Å². The maximum atomic E-state index is 13.0. The van der Waals surface area contributed by atoms with Crippen LogP contribution in [0.4, 0.5) is 0 Å². The van der Waals surface area contributed by atoms with Gasteiger partial charge in [0.05, 0.1) is 5.57 Å². The molecular weight excluding hydrogens is 380 g/mol. The van der Waals surface area contributed by atoms with Crippen molar-refractivity contribution in [3.63, 3.8) is 0 Å². The van der Waals surface area contributed by atoms with Gasteiger partial charge in [-0.25, -0.2) is 9.59 Å². The Labute approximate surface area is 170 Å². The molecule has 4 aromatic rings. The van der Waals surface area contributed by atoms with Crippen LogP contribution in [0.3, 0.4) is 0 Å².